The molecule has 0 radical (unpaired) electrons. The number of amides is 2. The molecule has 1 aromatic heterocycles. The van der Waals surface area contributed by atoms with Gasteiger partial charge < -0.3 is 19.7 Å². The molecule has 7 nitrogen and oxygen atoms in total. The number of fused-ring (bicyclic) bond motifs is 1. The Kier molecular flexibility index (Phi) is 3.38. The van der Waals surface area contributed by atoms with E-state index < -0.39 is 5.92 Å². The number of rotatable bonds is 3. The van der Waals surface area contributed by atoms with Gasteiger partial charge in [-0.2, -0.15) is 0 Å². The first-order chi connectivity index (χ1) is 11.2. The van der Waals surface area contributed by atoms with Gasteiger partial charge in [0, 0.05) is 36.3 Å². The summed E-state index contributed by atoms with van der Waals surface area (Å²) in [5.41, 5.74) is 0.712. The number of carbonyl (C=O) groups is 2. The molecule has 2 amide bonds. The second-order valence-corrected chi connectivity index (χ2v) is 6.16. The van der Waals surface area contributed by atoms with Crippen molar-refractivity contribution < 1.29 is 19.1 Å². The van der Waals surface area contributed by atoms with Gasteiger partial charge in [-0.15, -0.1) is 11.3 Å². The van der Waals surface area contributed by atoms with Crippen LogP contribution < -0.4 is 19.7 Å². The van der Waals surface area contributed by atoms with Crippen LogP contribution in [0.25, 0.3) is 0 Å². The van der Waals surface area contributed by atoms with Gasteiger partial charge in [0.05, 0.1) is 5.92 Å². The van der Waals surface area contributed by atoms with Crippen LogP contribution in [-0.4, -0.2) is 30.1 Å². The topological polar surface area (TPSA) is 80.8 Å². The van der Waals surface area contributed by atoms with Crippen molar-refractivity contribution >= 4 is 34.0 Å². The van der Waals surface area contributed by atoms with Gasteiger partial charge >= 0.3 is 0 Å². The van der Waals surface area contributed by atoms with Crippen LogP contribution in [0, 0.1) is 5.92 Å². The predicted molar refractivity (Wildman–Crippen MR) is 83.8 cm³/mol. The Morgan fingerprint density at radius 3 is 3.04 bits per heavy atom. The number of nitrogens with zero attached hydrogens (tertiary/aromatic N) is 2. The van der Waals surface area contributed by atoms with Crippen LogP contribution in [0.3, 0.4) is 0 Å². The first-order valence-corrected chi connectivity index (χ1v) is 7.99. The van der Waals surface area contributed by atoms with Crippen LogP contribution in [0.15, 0.2) is 29.8 Å². The van der Waals surface area contributed by atoms with Gasteiger partial charge in [-0.1, -0.05) is 0 Å². The second-order valence-electron chi connectivity index (χ2n) is 5.27. The lowest BCUT2D eigenvalue weighted by molar-refractivity contribution is -0.122. The third kappa shape index (κ3) is 2.61. The maximum atomic E-state index is 12.3. The van der Waals surface area contributed by atoms with Crippen molar-refractivity contribution in [2.24, 2.45) is 5.92 Å². The zero-order valence-corrected chi connectivity index (χ0v) is 12.8. The maximum absolute atomic E-state index is 12.3. The number of hydrogen-bond donors (Lipinski definition) is 1. The average molecular weight is 331 g/mol. The Labute approximate surface area is 135 Å². The highest BCUT2D eigenvalue weighted by molar-refractivity contribution is 7.13. The summed E-state index contributed by atoms with van der Waals surface area (Å²) in [6, 6.07) is 5.34. The highest BCUT2D eigenvalue weighted by Crippen LogP contribution is 2.37. The lowest BCUT2D eigenvalue weighted by Crippen LogP contribution is -2.28. The highest BCUT2D eigenvalue weighted by Gasteiger charge is 2.36. The van der Waals surface area contributed by atoms with Crippen molar-refractivity contribution in [3.8, 4) is 11.5 Å². The van der Waals surface area contributed by atoms with Gasteiger partial charge in [0.2, 0.25) is 18.6 Å². The van der Waals surface area contributed by atoms with E-state index in [1.807, 2.05) is 0 Å². The van der Waals surface area contributed by atoms with Gasteiger partial charge in [-0.05, 0) is 12.1 Å². The molecule has 1 saturated heterocycles. The molecule has 0 spiro atoms. The van der Waals surface area contributed by atoms with Crippen molar-refractivity contribution in [2.75, 3.05) is 23.6 Å². The molecular weight excluding hydrogens is 318 g/mol. The molecule has 2 aromatic rings. The van der Waals surface area contributed by atoms with E-state index in [4.69, 9.17) is 9.47 Å². The van der Waals surface area contributed by atoms with Crippen molar-refractivity contribution in [1.29, 1.82) is 0 Å². The van der Waals surface area contributed by atoms with Crippen LogP contribution in [0.2, 0.25) is 0 Å². The zero-order valence-electron chi connectivity index (χ0n) is 12.0. The fourth-order valence-electron chi connectivity index (χ4n) is 2.68. The number of thiazole rings is 1. The van der Waals surface area contributed by atoms with E-state index in [0.29, 0.717) is 28.9 Å². The lowest BCUT2D eigenvalue weighted by atomic mass is 10.1. The minimum absolute atomic E-state index is 0.0804. The van der Waals surface area contributed by atoms with Crippen molar-refractivity contribution in [3.63, 3.8) is 0 Å². The quantitative estimate of drug-likeness (QED) is 0.928. The maximum Gasteiger partial charge on any atom is 0.231 e. The largest absolute Gasteiger partial charge is 0.454 e. The van der Waals surface area contributed by atoms with Crippen LogP contribution in [0.1, 0.15) is 6.42 Å². The fourth-order valence-corrected chi connectivity index (χ4v) is 3.21. The Balaban J connectivity index is 1.49. The summed E-state index contributed by atoms with van der Waals surface area (Å²) in [6.07, 6.45) is 1.81. The monoisotopic (exact) mass is 331 g/mol. The third-order valence-corrected chi connectivity index (χ3v) is 4.51. The number of carbonyl (C=O) groups excluding carboxylic acids is 2. The molecule has 23 heavy (non-hydrogen) atoms. The Morgan fingerprint density at radius 2 is 2.22 bits per heavy atom. The minimum Gasteiger partial charge on any atom is -0.454 e. The summed E-state index contributed by atoms with van der Waals surface area (Å²) >= 11 is 1.35. The van der Waals surface area contributed by atoms with Crippen LogP contribution in [0.5, 0.6) is 11.5 Å². The molecule has 2 aliphatic rings. The molecule has 3 heterocycles. The smallest absolute Gasteiger partial charge is 0.231 e. The highest BCUT2D eigenvalue weighted by atomic mass is 32.1. The van der Waals surface area contributed by atoms with Gasteiger partial charge in [-0.3, -0.25) is 9.59 Å². The lowest BCUT2D eigenvalue weighted by Gasteiger charge is -2.17. The number of anilines is 2. The third-order valence-electron chi connectivity index (χ3n) is 3.83. The molecule has 8 heteroatoms. The summed E-state index contributed by atoms with van der Waals surface area (Å²) < 4.78 is 10.6. The normalized spacial score (nSPS) is 19.2. The number of benzene rings is 1. The fraction of sp³-hybridized carbons (Fsp3) is 0.267. The van der Waals surface area contributed by atoms with E-state index in [1.165, 1.54) is 11.3 Å². The molecule has 4 rings (SSSR count). The van der Waals surface area contributed by atoms with E-state index in [-0.39, 0.29) is 25.0 Å². The minimum atomic E-state index is -0.392. The van der Waals surface area contributed by atoms with E-state index in [2.05, 4.69) is 10.3 Å². The number of hydrogen-bond acceptors (Lipinski definition) is 6. The Morgan fingerprint density at radius 1 is 1.35 bits per heavy atom. The number of ether oxygens (including phenoxy) is 2. The molecule has 0 aliphatic carbocycles. The summed E-state index contributed by atoms with van der Waals surface area (Å²) in [5.74, 6) is 0.626. The molecule has 1 fully saturated rings. The first kappa shape index (κ1) is 14.0. The van der Waals surface area contributed by atoms with Gasteiger partial charge in [0.25, 0.3) is 0 Å². The van der Waals surface area contributed by atoms with Gasteiger partial charge in [-0.25, -0.2) is 4.98 Å². The zero-order chi connectivity index (χ0) is 15.8. The van der Waals surface area contributed by atoms with Crippen molar-refractivity contribution in [2.45, 2.75) is 6.42 Å². The molecule has 2 aliphatic heterocycles. The molecule has 1 atom stereocenters. The van der Waals surface area contributed by atoms with Gasteiger partial charge in [0.15, 0.2) is 16.6 Å². The first-order valence-electron chi connectivity index (χ1n) is 7.11. The SMILES string of the molecule is O=C(Nc1nccs1)[C@H]1CC(=O)N(c2ccc3c(c2)OCO3)C1. The molecule has 0 bridgehead atoms. The molecule has 0 saturated carbocycles. The summed E-state index contributed by atoms with van der Waals surface area (Å²) in [6.45, 7) is 0.529. The van der Waals surface area contributed by atoms with E-state index in [9.17, 15) is 9.59 Å². The number of aromatic nitrogens is 1. The number of nitrogens with one attached hydrogen (secondary N) is 1. The Bertz CT molecular complexity index is 762. The van der Waals surface area contributed by atoms with E-state index in [1.54, 1.807) is 34.7 Å². The molecule has 1 N–H and O–H groups in total. The Hall–Kier alpha value is -2.61. The van der Waals surface area contributed by atoms with Gasteiger partial charge in [0.1, 0.15) is 0 Å². The second kappa shape index (κ2) is 5.54. The molecule has 0 unspecified atom stereocenters. The molecule has 1 aromatic carbocycles. The van der Waals surface area contributed by atoms with Crippen LogP contribution in [-0.2, 0) is 9.59 Å². The van der Waals surface area contributed by atoms with E-state index >= 15 is 0 Å². The molecule has 118 valence electrons. The average Bonchev–Trinajstić information content (AvgIpc) is 3.26. The van der Waals surface area contributed by atoms with Crippen molar-refractivity contribution in [3.05, 3.63) is 29.8 Å². The summed E-state index contributed by atoms with van der Waals surface area (Å²) in [5, 5.41) is 5.07. The van der Waals surface area contributed by atoms with Crippen LogP contribution in [0.4, 0.5) is 10.8 Å². The van der Waals surface area contributed by atoms with Crippen LogP contribution >= 0.6 is 11.3 Å². The molecular formula is C15H13N3O4S. The summed E-state index contributed by atoms with van der Waals surface area (Å²) in [7, 11) is 0. The standard InChI is InChI=1S/C15H13N3O4S/c19-13-5-9(14(20)17-15-16-3-4-23-15)7-18(13)10-1-2-11-12(6-10)22-8-21-11/h1-4,6,9H,5,7-8H2,(H,16,17,20)/t9-/m0/s1. The predicted octanol–water partition coefficient (Wildman–Crippen LogP) is 1.86. The van der Waals surface area contributed by atoms with E-state index in [0.717, 1.165) is 0 Å². The van der Waals surface area contributed by atoms with Crippen molar-refractivity contribution in [1.82, 2.24) is 4.98 Å². The summed E-state index contributed by atoms with van der Waals surface area (Å²) in [4.78, 5) is 30.1.